The molecule has 0 spiro atoms. The molecule has 1 rings (SSSR count). The summed E-state index contributed by atoms with van der Waals surface area (Å²) in [7, 11) is 1.72. The normalized spacial score (nSPS) is 10.6. The first-order valence-corrected chi connectivity index (χ1v) is 6.23. The van der Waals surface area contributed by atoms with Crippen molar-refractivity contribution in [3.05, 3.63) is 30.1 Å². The average molecular weight is 237 g/mol. The Balaban J connectivity index is 1.85. The van der Waals surface area contributed by atoms with Gasteiger partial charge in [0.25, 0.3) is 0 Å². The van der Waals surface area contributed by atoms with E-state index in [4.69, 9.17) is 4.74 Å². The SMILES string of the molecule is COCCNCCCNCCc1ccncc1. The molecule has 0 aliphatic rings. The number of nitrogens with one attached hydrogen (secondary N) is 2. The van der Waals surface area contributed by atoms with Crippen LogP contribution >= 0.6 is 0 Å². The second-order valence-electron chi connectivity index (χ2n) is 3.95. The van der Waals surface area contributed by atoms with E-state index in [-0.39, 0.29) is 0 Å². The van der Waals surface area contributed by atoms with Gasteiger partial charge in [0.2, 0.25) is 0 Å². The van der Waals surface area contributed by atoms with E-state index in [2.05, 4.69) is 27.8 Å². The summed E-state index contributed by atoms with van der Waals surface area (Å²) < 4.78 is 4.95. The molecule has 1 aromatic heterocycles. The van der Waals surface area contributed by atoms with Gasteiger partial charge in [0.15, 0.2) is 0 Å². The maximum absolute atomic E-state index is 4.95. The average Bonchev–Trinajstić information content (AvgIpc) is 2.38. The van der Waals surface area contributed by atoms with Crippen molar-refractivity contribution in [1.29, 1.82) is 0 Å². The minimum atomic E-state index is 0.787. The molecule has 4 heteroatoms. The lowest BCUT2D eigenvalue weighted by atomic mass is 10.2. The van der Waals surface area contributed by atoms with Gasteiger partial charge in [-0.3, -0.25) is 4.98 Å². The van der Waals surface area contributed by atoms with Crippen LogP contribution in [0.1, 0.15) is 12.0 Å². The first-order chi connectivity index (χ1) is 8.43. The fourth-order valence-electron chi connectivity index (χ4n) is 1.54. The van der Waals surface area contributed by atoms with Gasteiger partial charge in [-0.2, -0.15) is 0 Å². The quantitative estimate of drug-likeness (QED) is 0.592. The minimum Gasteiger partial charge on any atom is -0.383 e. The molecule has 0 fully saturated rings. The van der Waals surface area contributed by atoms with Crippen LogP contribution in [-0.4, -0.2) is 44.9 Å². The zero-order valence-electron chi connectivity index (χ0n) is 10.6. The van der Waals surface area contributed by atoms with Gasteiger partial charge < -0.3 is 15.4 Å². The highest BCUT2D eigenvalue weighted by Gasteiger charge is 1.92. The molecule has 96 valence electrons. The summed E-state index contributed by atoms with van der Waals surface area (Å²) in [4.78, 5) is 4.00. The molecule has 1 heterocycles. The molecule has 0 aliphatic carbocycles. The Kier molecular flexibility index (Phi) is 8.46. The zero-order valence-corrected chi connectivity index (χ0v) is 10.6. The summed E-state index contributed by atoms with van der Waals surface area (Å²) in [6, 6.07) is 4.13. The van der Waals surface area contributed by atoms with Gasteiger partial charge >= 0.3 is 0 Å². The Morgan fingerprint density at radius 3 is 2.47 bits per heavy atom. The molecular weight excluding hydrogens is 214 g/mol. The number of rotatable bonds is 10. The molecule has 0 bridgehead atoms. The summed E-state index contributed by atoms with van der Waals surface area (Å²) in [5.74, 6) is 0. The summed E-state index contributed by atoms with van der Waals surface area (Å²) in [5, 5.41) is 6.75. The van der Waals surface area contributed by atoms with Crippen molar-refractivity contribution in [1.82, 2.24) is 15.6 Å². The third kappa shape index (κ3) is 7.85. The topological polar surface area (TPSA) is 46.2 Å². The Labute approximate surface area is 104 Å². The van der Waals surface area contributed by atoms with Gasteiger partial charge in [0.05, 0.1) is 6.61 Å². The molecule has 4 nitrogen and oxygen atoms in total. The number of hydrogen-bond donors (Lipinski definition) is 2. The van der Waals surface area contributed by atoms with E-state index < -0.39 is 0 Å². The Morgan fingerprint density at radius 1 is 1.06 bits per heavy atom. The summed E-state index contributed by atoms with van der Waals surface area (Å²) >= 11 is 0. The smallest absolute Gasteiger partial charge is 0.0587 e. The zero-order chi connectivity index (χ0) is 12.2. The minimum absolute atomic E-state index is 0.787. The third-order valence-corrected chi connectivity index (χ3v) is 2.53. The number of methoxy groups -OCH3 is 1. The second kappa shape index (κ2) is 10.2. The van der Waals surface area contributed by atoms with Crippen LogP contribution < -0.4 is 10.6 Å². The van der Waals surface area contributed by atoms with Crippen LogP contribution in [0.15, 0.2) is 24.5 Å². The van der Waals surface area contributed by atoms with E-state index in [1.54, 1.807) is 7.11 Å². The molecule has 0 atom stereocenters. The highest BCUT2D eigenvalue weighted by molar-refractivity contribution is 5.09. The highest BCUT2D eigenvalue weighted by atomic mass is 16.5. The molecule has 0 saturated carbocycles. The third-order valence-electron chi connectivity index (χ3n) is 2.53. The number of pyridine rings is 1. The van der Waals surface area contributed by atoms with Gasteiger partial charge in [-0.05, 0) is 50.2 Å². The van der Waals surface area contributed by atoms with E-state index in [0.29, 0.717) is 0 Å². The van der Waals surface area contributed by atoms with Crippen LogP contribution in [0, 0.1) is 0 Å². The van der Waals surface area contributed by atoms with E-state index in [1.807, 2.05) is 12.4 Å². The van der Waals surface area contributed by atoms with Crippen molar-refractivity contribution >= 4 is 0 Å². The van der Waals surface area contributed by atoms with Gasteiger partial charge in [-0.1, -0.05) is 0 Å². The number of aromatic nitrogens is 1. The van der Waals surface area contributed by atoms with Gasteiger partial charge in [-0.25, -0.2) is 0 Å². The summed E-state index contributed by atoms with van der Waals surface area (Å²) in [6.07, 6.45) is 5.91. The molecule has 0 radical (unpaired) electrons. The Morgan fingerprint density at radius 2 is 1.76 bits per heavy atom. The van der Waals surface area contributed by atoms with E-state index >= 15 is 0 Å². The van der Waals surface area contributed by atoms with Gasteiger partial charge in [-0.15, -0.1) is 0 Å². The molecule has 0 saturated heterocycles. The van der Waals surface area contributed by atoms with Gasteiger partial charge in [0.1, 0.15) is 0 Å². The van der Waals surface area contributed by atoms with Crippen molar-refractivity contribution < 1.29 is 4.74 Å². The predicted molar refractivity (Wildman–Crippen MR) is 70.2 cm³/mol. The lowest BCUT2D eigenvalue weighted by Gasteiger charge is -2.06. The number of nitrogens with zero attached hydrogens (tertiary/aromatic N) is 1. The molecule has 0 aliphatic heterocycles. The van der Waals surface area contributed by atoms with E-state index in [9.17, 15) is 0 Å². The lowest BCUT2D eigenvalue weighted by Crippen LogP contribution is -2.25. The Hall–Kier alpha value is -0.970. The van der Waals surface area contributed by atoms with E-state index in [1.165, 1.54) is 5.56 Å². The van der Waals surface area contributed by atoms with Crippen molar-refractivity contribution in [2.45, 2.75) is 12.8 Å². The number of hydrogen-bond acceptors (Lipinski definition) is 4. The van der Waals surface area contributed by atoms with Gasteiger partial charge in [0, 0.05) is 26.0 Å². The standard InChI is InChI=1S/C13H23N3O/c1-17-12-11-15-7-2-6-14-8-3-13-4-9-16-10-5-13/h4-5,9-10,14-15H,2-3,6-8,11-12H2,1H3. The van der Waals surface area contributed by atoms with Crippen LogP contribution in [-0.2, 0) is 11.2 Å². The van der Waals surface area contributed by atoms with Crippen LogP contribution in [0.4, 0.5) is 0 Å². The molecule has 0 amide bonds. The molecule has 2 N–H and O–H groups in total. The first kappa shape index (κ1) is 14.1. The van der Waals surface area contributed by atoms with Crippen LogP contribution in [0.5, 0.6) is 0 Å². The lowest BCUT2D eigenvalue weighted by molar-refractivity contribution is 0.199. The summed E-state index contributed by atoms with van der Waals surface area (Å²) in [6.45, 7) is 4.86. The van der Waals surface area contributed by atoms with Crippen molar-refractivity contribution in [2.24, 2.45) is 0 Å². The fraction of sp³-hybridized carbons (Fsp3) is 0.615. The second-order valence-corrected chi connectivity index (χ2v) is 3.95. The molecule has 0 unspecified atom stereocenters. The van der Waals surface area contributed by atoms with Crippen molar-refractivity contribution in [2.75, 3.05) is 39.9 Å². The number of ether oxygens (including phenoxy) is 1. The van der Waals surface area contributed by atoms with Crippen molar-refractivity contribution in [3.63, 3.8) is 0 Å². The first-order valence-electron chi connectivity index (χ1n) is 6.23. The fourth-order valence-corrected chi connectivity index (χ4v) is 1.54. The maximum Gasteiger partial charge on any atom is 0.0587 e. The largest absolute Gasteiger partial charge is 0.383 e. The van der Waals surface area contributed by atoms with Crippen molar-refractivity contribution in [3.8, 4) is 0 Å². The molecule has 17 heavy (non-hydrogen) atoms. The molecular formula is C13H23N3O. The predicted octanol–water partition coefficient (Wildman–Crippen LogP) is 0.840. The van der Waals surface area contributed by atoms with Crippen LogP contribution in [0.2, 0.25) is 0 Å². The summed E-state index contributed by atoms with van der Waals surface area (Å²) in [5.41, 5.74) is 1.34. The molecule has 0 aromatic carbocycles. The monoisotopic (exact) mass is 237 g/mol. The van der Waals surface area contributed by atoms with Crippen LogP contribution in [0.3, 0.4) is 0 Å². The van der Waals surface area contributed by atoms with Crippen LogP contribution in [0.25, 0.3) is 0 Å². The maximum atomic E-state index is 4.95. The van der Waals surface area contributed by atoms with E-state index in [0.717, 1.165) is 45.6 Å². The highest BCUT2D eigenvalue weighted by Crippen LogP contribution is 1.95. The Bertz CT molecular complexity index is 267. The molecule has 1 aromatic rings.